The van der Waals surface area contributed by atoms with Crippen molar-refractivity contribution in [3.63, 3.8) is 0 Å². The molecule has 1 aromatic heterocycles. The second-order valence-corrected chi connectivity index (χ2v) is 9.73. The van der Waals surface area contributed by atoms with Gasteiger partial charge < -0.3 is 5.11 Å². The predicted octanol–water partition coefficient (Wildman–Crippen LogP) is 5.92. The Morgan fingerprint density at radius 3 is 2.68 bits per heavy atom. The van der Waals surface area contributed by atoms with Crippen LogP contribution in [0.15, 0.2) is 66.4 Å². The lowest BCUT2D eigenvalue weighted by atomic mass is 9.58. The summed E-state index contributed by atoms with van der Waals surface area (Å²) in [5, 5.41) is 15.6. The number of nitrogens with zero attached hydrogens (tertiary/aromatic N) is 2. The molecule has 5 rings (SSSR count). The first-order valence-corrected chi connectivity index (χ1v) is 11.6. The average Bonchev–Trinajstić information content (AvgIpc) is 3.16. The van der Waals surface area contributed by atoms with Crippen LogP contribution in [0.1, 0.15) is 55.0 Å². The van der Waals surface area contributed by atoms with Crippen LogP contribution in [0, 0.1) is 18.3 Å². The molecule has 3 atom stereocenters. The van der Waals surface area contributed by atoms with Gasteiger partial charge in [0.25, 0.3) is 0 Å². The van der Waals surface area contributed by atoms with E-state index >= 15 is 0 Å². The molecule has 1 heterocycles. The van der Waals surface area contributed by atoms with Crippen LogP contribution >= 0.6 is 0 Å². The highest BCUT2D eigenvalue weighted by atomic mass is 16.3. The Kier molecular flexibility index (Phi) is 5.31. The number of rotatable bonds is 5. The van der Waals surface area contributed by atoms with Crippen LogP contribution in [0.3, 0.4) is 0 Å². The largest absolute Gasteiger partial charge is 0.393 e. The molecular formula is C28H32N2O. The summed E-state index contributed by atoms with van der Waals surface area (Å²) in [6.07, 6.45) is 10.3. The van der Waals surface area contributed by atoms with E-state index in [-0.39, 0.29) is 11.5 Å². The molecule has 2 aliphatic rings. The predicted molar refractivity (Wildman–Crippen MR) is 126 cm³/mol. The molecule has 1 saturated carbocycles. The van der Waals surface area contributed by atoms with Crippen molar-refractivity contribution >= 4 is 6.08 Å². The van der Waals surface area contributed by atoms with E-state index in [9.17, 15) is 5.11 Å². The van der Waals surface area contributed by atoms with Gasteiger partial charge in [0.2, 0.25) is 0 Å². The molecule has 0 aliphatic heterocycles. The normalized spacial score (nSPS) is 23.6. The second-order valence-electron chi connectivity index (χ2n) is 9.73. The van der Waals surface area contributed by atoms with Crippen molar-refractivity contribution in [2.24, 2.45) is 11.3 Å². The molecule has 160 valence electrons. The highest BCUT2D eigenvalue weighted by Gasteiger charge is 2.43. The zero-order valence-electron chi connectivity index (χ0n) is 18.6. The van der Waals surface area contributed by atoms with Crippen molar-refractivity contribution in [2.45, 2.75) is 58.5 Å². The van der Waals surface area contributed by atoms with Crippen LogP contribution < -0.4 is 0 Å². The van der Waals surface area contributed by atoms with Gasteiger partial charge >= 0.3 is 0 Å². The number of aromatic nitrogens is 2. The average molecular weight is 413 g/mol. The quantitative estimate of drug-likeness (QED) is 0.565. The molecule has 2 aromatic carbocycles. The van der Waals surface area contributed by atoms with Crippen LogP contribution in [-0.4, -0.2) is 21.0 Å². The Balaban J connectivity index is 1.39. The fraction of sp³-hybridized carbons (Fsp3) is 0.393. The number of aliphatic hydroxyl groups excluding tert-OH is 1. The van der Waals surface area contributed by atoms with Gasteiger partial charge in [0, 0.05) is 0 Å². The maximum atomic E-state index is 10.9. The van der Waals surface area contributed by atoms with Gasteiger partial charge in [0.15, 0.2) is 0 Å². The van der Waals surface area contributed by atoms with Crippen LogP contribution in [0.25, 0.3) is 11.8 Å². The third kappa shape index (κ3) is 3.87. The van der Waals surface area contributed by atoms with Gasteiger partial charge in [-0.1, -0.05) is 60.5 Å². The summed E-state index contributed by atoms with van der Waals surface area (Å²) in [7, 11) is 0. The van der Waals surface area contributed by atoms with Crippen LogP contribution in [0.5, 0.6) is 0 Å². The van der Waals surface area contributed by atoms with Crippen LogP contribution in [0.4, 0.5) is 0 Å². The van der Waals surface area contributed by atoms with Crippen molar-refractivity contribution in [2.75, 3.05) is 0 Å². The fourth-order valence-electron chi connectivity index (χ4n) is 5.71. The SMILES string of the molecule is Cc1ccc(-n2ncc3c2C=C2CCC[C@H](C[C@@H](O)Cc4ccccc4)[C@@]2(C)C3)cc1. The van der Waals surface area contributed by atoms with Gasteiger partial charge in [-0.3, -0.25) is 0 Å². The van der Waals surface area contributed by atoms with Crippen molar-refractivity contribution in [3.8, 4) is 5.69 Å². The lowest BCUT2D eigenvalue weighted by molar-refractivity contribution is 0.0835. The van der Waals surface area contributed by atoms with E-state index in [0.29, 0.717) is 5.92 Å². The molecule has 0 saturated heterocycles. The minimum atomic E-state index is -0.291. The molecule has 0 bridgehead atoms. The first-order valence-electron chi connectivity index (χ1n) is 11.6. The Hall–Kier alpha value is -2.65. The topological polar surface area (TPSA) is 38.0 Å². The minimum Gasteiger partial charge on any atom is -0.393 e. The molecular weight excluding hydrogens is 380 g/mol. The molecule has 3 aromatic rings. The van der Waals surface area contributed by atoms with E-state index in [1.807, 2.05) is 6.07 Å². The number of aliphatic hydroxyl groups is 1. The molecule has 31 heavy (non-hydrogen) atoms. The second kappa shape index (κ2) is 8.12. The highest BCUT2D eigenvalue weighted by molar-refractivity contribution is 5.61. The maximum absolute atomic E-state index is 10.9. The summed E-state index contributed by atoms with van der Waals surface area (Å²) in [6.45, 7) is 4.54. The van der Waals surface area contributed by atoms with E-state index in [0.717, 1.165) is 31.4 Å². The van der Waals surface area contributed by atoms with Crippen LogP contribution in [0.2, 0.25) is 0 Å². The zero-order chi connectivity index (χ0) is 21.4. The van der Waals surface area contributed by atoms with Gasteiger partial charge in [-0.2, -0.15) is 5.10 Å². The number of aryl methyl sites for hydroxylation is 1. The molecule has 3 heteroatoms. The zero-order valence-corrected chi connectivity index (χ0v) is 18.6. The number of benzene rings is 2. The maximum Gasteiger partial charge on any atom is 0.0700 e. The molecule has 0 unspecified atom stereocenters. The number of fused-ring (bicyclic) bond motifs is 2. The molecule has 3 nitrogen and oxygen atoms in total. The third-order valence-corrected chi connectivity index (χ3v) is 7.54. The van der Waals surface area contributed by atoms with E-state index in [1.165, 1.54) is 40.8 Å². The van der Waals surface area contributed by atoms with Gasteiger partial charge in [0.1, 0.15) is 0 Å². The van der Waals surface area contributed by atoms with Crippen LogP contribution in [-0.2, 0) is 12.8 Å². The molecule has 0 radical (unpaired) electrons. The summed E-state index contributed by atoms with van der Waals surface area (Å²) < 4.78 is 2.09. The van der Waals surface area contributed by atoms with Crippen molar-refractivity contribution in [3.05, 3.63) is 88.8 Å². The first kappa shape index (κ1) is 20.3. The summed E-state index contributed by atoms with van der Waals surface area (Å²) in [5.74, 6) is 0.502. The number of hydrogen-bond donors (Lipinski definition) is 1. The number of hydrogen-bond acceptors (Lipinski definition) is 2. The third-order valence-electron chi connectivity index (χ3n) is 7.54. The van der Waals surface area contributed by atoms with Crippen molar-refractivity contribution < 1.29 is 5.11 Å². The Morgan fingerprint density at radius 2 is 1.90 bits per heavy atom. The van der Waals surface area contributed by atoms with Crippen molar-refractivity contribution in [1.82, 2.24) is 9.78 Å². The molecule has 0 amide bonds. The lowest BCUT2D eigenvalue weighted by Gasteiger charge is -2.46. The van der Waals surface area contributed by atoms with Gasteiger partial charge in [-0.05, 0) is 86.1 Å². The highest BCUT2D eigenvalue weighted by Crippen LogP contribution is 2.52. The Bertz CT molecular complexity index is 1080. The van der Waals surface area contributed by atoms with Gasteiger partial charge in [0.05, 0.1) is 23.7 Å². The van der Waals surface area contributed by atoms with E-state index in [4.69, 9.17) is 5.10 Å². The van der Waals surface area contributed by atoms with Gasteiger partial charge in [-0.15, -0.1) is 0 Å². The van der Waals surface area contributed by atoms with E-state index in [2.05, 4.69) is 79.3 Å². The van der Waals surface area contributed by atoms with Gasteiger partial charge in [-0.25, -0.2) is 4.68 Å². The molecule has 2 aliphatic carbocycles. The molecule has 1 fully saturated rings. The number of allylic oxidation sites excluding steroid dienone is 1. The summed E-state index contributed by atoms with van der Waals surface area (Å²) in [5.41, 5.74) is 7.83. The fourth-order valence-corrected chi connectivity index (χ4v) is 5.71. The molecule has 0 spiro atoms. The first-order chi connectivity index (χ1) is 15.0. The summed E-state index contributed by atoms with van der Waals surface area (Å²) >= 11 is 0. The minimum absolute atomic E-state index is 0.115. The Labute approximate surface area is 185 Å². The smallest absolute Gasteiger partial charge is 0.0700 e. The lowest BCUT2D eigenvalue weighted by Crippen LogP contribution is -2.39. The Morgan fingerprint density at radius 1 is 1.13 bits per heavy atom. The van der Waals surface area contributed by atoms with E-state index < -0.39 is 0 Å². The van der Waals surface area contributed by atoms with E-state index in [1.54, 1.807) is 0 Å². The molecule has 1 N–H and O–H groups in total. The summed E-state index contributed by atoms with van der Waals surface area (Å²) in [6, 6.07) is 19.0. The van der Waals surface area contributed by atoms with Crippen molar-refractivity contribution in [1.29, 1.82) is 0 Å². The monoisotopic (exact) mass is 412 g/mol. The standard InChI is InChI=1S/C28H32N2O/c1-20-11-13-25(14-12-20)30-27-17-24-10-6-9-23(28(24,2)18-22(27)19-29-30)16-26(31)15-21-7-4-3-5-8-21/h3-5,7-8,11-14,17,19,23,26,31H,6,9-10,15-16,18H2,1-2H3/t23-,26+,28-/m1/s1. The summed E-state index contributed by atoms with van der Waals surface area (Å²) in [4.78, 5) is 0.